The van der Waals surface area contributed by atoms with Crippen LogP contribution in [0.5, 0.6) is 0 Å². The van der Waals surface area contributed by atoms with Gasteiger partial charge in [-0.2, -0.15) is 4.31 Å². The molecule has 1 saturated heterocycles. The van der Waals surface area contributed by atoms with E-state index in [9.17, 15) is 17.6 Å². The third-order valence-electron chi connectivity index (χ3n) is 3.61. The quantitative estimate of drug-likeness (QED) is 0.870. The second-order valence-electron chi connectivity index (χ2n) is 5.33. The Morgan fingerprint density at radius 2 is 1.82 bits per heavy atom. The van der Waals surface area contributed by atoms with E-state index in [4.69, 9.17) is 5.73 Å². The fourth-order valence-electron chi connectivity index (χ4n) is 2.40. The van der Waals surface area contributed by atoms with Gasteiger partial charge in [-0.25, -0.2) is 12.8 Å². The zero-order valence-electron chi connectivity index (χ0n) is 12.4. The van der Waals surface area contributed by atoms with Crippen LogP contribution < -0.4 is 5.73 Å². The lowest BCUT2D eigenvalue weighted by atomic mass is 10.3. The van der Waals surface area contributed by atoms with Gasteiger partial charge in [-0.15, -0.1) is 0 Å². The Balaban J connectivity index is 2.13. The molecular formula is C14H20FN3O3S. The summed E-state index contributed by atoms with van der Waals surface area (Å²) in [5.74, 6) is -0.662. The van der Waals surface area contributed by atoms with Gasteiger partial charge in [0.25, 0.3) is 0 Å². The molecule has 1 aliphatic heterocycles. The van der Waals surface area contributed by atoms with E-state index in [2.05, 4.69) is 0 Å². The molecule has 1 atom stereocenters. The van der Waals surface area contributed by atoms with Crippen LogP contribution in [0, 0.1) is 5.82 Å². The van der Waals surface area contributed by atoms with Gasteiger partial charge in [-0.3, -0.25) is 4.79 Å². The molecule has 0 unspecified atom stereocenters. The summed E-state index contributed by atoms with van der Waals surface area (Å²) in [6.07, 6.45) is 0.541. The van der Waals surface area contributed by atoms with E-state index in [0.29, 0.717) is 26.1 Å². The molecule has 1 amide bonds. The fourth-order valence-corrected chi connectivity index (χ4v) is 3.87. The third-order valence-corrected chi connectivity index (χ3v) is 5.52. The highest BCUT2D eigenvalue weighted by Crippen LogP contribution is 2.18. The van der Waals surface area contributed by atoms with Gasteiger partial charge in [0.1, 0.15) is 5.82 Å². The van der Waals surface area contributed by atoms with Crippen LogP contribution in [-0.4, -0.2) is 55.8 Å². The monoisotopic (exact) mass is 329 g/mol. The van der Waals surface area contributed by atoms with Crippen molar-refractivity contribution in [1.29, 1.82) is 0 Å². The highest BCUT2D eigenvalue weighted by atomic mass is 32.2. The van der Waals surface area contributed by atoms with Crippen LogP contribution in [0.2, 0.25) is 0 Å². The standard InChI is InChI=1S/C14H20FN3O3S/c1-11(16)14(19)17-7-2-8-18(10-9-17)22(20,21)13-5-3-12(15)4-6-13/h3-6,11H,2,7-10,16H2,1H3/t11-/m1/s1. The van der Waals surface area contributed by atoms with Crippen molar-refractivity contribution in [3.05, 3.63) is 30.1 Å². The molecule has 1 aromatic rings. The van der Waals surface area contributed by atoms with Crippen molar-refractivity contribution in [2.75, 3.05) is 26.2 Å². The summed E-state index contributed by atoms with van der Waals surface area (Å²) in [5, 5.41) is 0. The number of nitrogens with two attached hydrogens (primary N) is 1. The number of halogens is 1. The summed E-state index contributed by atoms with van der Waals surface area (Å²) >= 11 is 0. The van der Waals surface area contributed by atoms with Gasteiger partial charge in [0.15, 0.2) is 0 Å². The molecule has 2 N–H and O–H groups in total. The number of rotatable bonds is 3. The number of hydrogen-bond donors (Lipinski definition) is 1. The van der Waals surface area contributed by atoms with Crippen molar-refractivity contribution in [2.24, 2.45) is 5.73 Å². The molecule has 0 radical (unpaired) electrons. The number of benzene rings is 1. The Hall–Kier alpha value is -1.51. The SMILES string of the molecule is C[C@@H](N)C(=O)N1CCCN(S(=O)(=O)c2ccc(F)cc2)CC1. The first kappa shape index (κ1) is 16.9. The Morgan fingerprint density at radius 1 is 1.18 bits per heavy atom. The maximum absolute atomic E-state index is 12.9. The van der Waals surface area contributed by atoms with Gasteiger partial charge in [0.2, 0.25) is 15.9 Å². The molecule has 1 fully saturated rings. The molecule has 1 aliphatic rings. The Labute approximate surface area is 129 Å². The molecular weight excluding hydrogens is 309 g/mol. The molecule has 0 aliphatic carbocycles. The zero-order valence-corrected chi connectivity index (χ0v) is 13.2. The highest BCUT2D eigenvalue weighted by molar-refractivity contribution is 7.89. The van der Waals surface area contributed by atoms with E-state index in [1.165, 1.54) is 16.4 Å². The van der Waals surface area contributed by atoms with E-state index >= 15 is 0 Å². The number of carbonyl (C=O) groups excluding carboxylic acids is 1. The predicted octanol–water partition coefficient (Wildman–Crippen LogP) is 0.396. The van der Waals surface area contributed by atoms with E-state index < -0.39 is 21.9 Å². The van der Waals surface area contributed by atoms with Crippen molar-refractivity contribution >= 4 is 15.9 Å². The second kappa shape index (κ2) is 6.72. The fraction of sp³-hybridized carbons (Fsp3) is 0.500. The first-order valence-corrected chi connectivity index (χ1v) is 8.56. The minimum absolute atomic E-state index is 0.0564. The minimum atomic E-state index is -3.67. The van der Waals surface area contributed by atoms with Gasteiger partial charge in [-0.1, -0.05) is 0 Å². The van der Waals surface area contributed by atoms with E-state index in [0.717, 1.165) is 12.1 Å². The smallest absolute Gasteiger partial charge is 0.243 e. The number of hydrogen-bond acceptors (Lipinski definition) is 4. The van der Waals surface area contributed by atoms with Gasteiger partial charge in [-0.05, 0) is 37.6 Å². The van der Waals surface area contributed by atoms with Gasteiger partial charge >= 0.3 is 0 Å². The maximum atomic E-state index is 12.9. The van der Waals surface area contributed by atoms with Gasteiger partial charge in [0.05, 0.1) is 10.9 Å². The summed E-state index contributed by atoms with van der Waals surface area (Å²) in [7, 11) is -3.67. The molecule has 2 rings (SSSR count). The predicted molar refractivity (Wildman–Crippen MR) is 80.0 cm³/mol. The van der Waals surface area contributed by atoms with Crippen LogP contribution in [0.1, 0.15) is 13.3 Å². The van der Waals surface area contributed by atoms with Gasteiger partial charge in [0, 0.05) is 26.2 Å². The van der Waals surface area contributed by atoms with Crippen molar-refractivity contribution in [2.45, 2.75) is 24.3 Å². The van der Waals surface area contributed by atoms with Crippen LogP contribution >= 0.6 is 0 Å². The summed E-state index contributed by atoms with van der Waals surface area (Å²) in [6, 6.07) is 4.15. The second-order valence-corrected chi connectivity index (χ2v) is 7.26. The molecule has 8 heteroatoms. The average molecular weight is 329 g/mol. The van der Waals surface area contributed by atoms with E-state index in [-0.39, 0.29) is 17.3 Å². The largest absolute Gasteiger partial charge is 0.340 e. The van der Waals surface area contributed by atoms with Gasteiger partial charge < -0.3 is 10.6 Å². The highest BCUT2D eigenvalue weighted by Gasteiger charge is 2.28. The topological polar surface area (TPSA) is 83.7 Å². The molecule has 0 saturated carbocycles. The Morgan fingerprint density at radius 3 is 2.41 bits per heavy atom. The summed E-state index contributed by atoms with van der Waals surface area (Å²) < 4.78 is 39.3. The third kappa shape index (κ3) is 3.63. The molecule has 0 bridgehead atoms. The zero-order chi connectivity index (χ0) is 16.3. The molecule has 122 valence electrons. The van der Waals surface area contributed by atoms with Crippen LogP contribution in [0.4, 0.5) is 4.39 Å². The molecule has 1 heterocycles. The van der Waals surface area contributed by atoms with E-state index in [1.54, 1.807) is 11.8 Å². The number of nitrogens with zero attached hydrogens (tertiary/aromatic N) is 2. The van der Waals surface area contributed by atoms with E-state index in [1.807, 2.05) is 0 Å². The molecule has 0 aromatic heterocycles. The lowest BCUT2D eigenvalue weighted by Crippen LogP contribution is -2.44. The lowest BCUT2D eigenvalue weighted by molar-refractivity contribution is -0.132. The summed E-state index contributed by atoms with van der Waals surface area (Å²) in [5.41, 5.74) is 5.58. The molecule has 0 spiro atoms. The Kier molecular flexibility index (Phi) is 5.15. The maximum Gasteiger partial charge on any atom is 0.243 e. The molecule has 6 nitrogen and oxygen atoms in total. The number of sulfonamides is 1. The minimum Gasteiger partial charge on any atom is -0.340 e. The first-order valence-electron chi connectivity index (χ1n) is 7.12. The van der Waals surface area contributed by atoms with Crippen LogP contribution in [-0.2, 0) is 14.8 Å². The van der Waals surface area contributed by atoms with Crippen molar-refractivity contribution < 1.29 is 17.6 Å². The first-order chi connectivity index (χ1) is 10.3. The lowest BCUT2D eigenvalue weighted by Gasteiger charge is -2.23. The van der Waals surface area contributed by atoms with Crippen LogP contribution in [0.15, 0.2) is 29.2 Å². The molecule has 1 aromatic carbocycles. The Bertz CT molecular complexity index is 631. The van der Waals surface area contributed by atoms with Crippen molar-refractivity contribution in [3.63, 3.8) is 0 Å². The van der Waals surface area contributed by atoms with Crippen LogP contribution in [0.25, 0.3) is 0 Å². The summed E-state index contributed by atoms with van der Waals surface area (Å²) in [6.45, 7) is 2.93. The van der Waals surface area contributed by atoms with Crippen molar-refractivity contribution in [1.82, 2.24) is 9.21 Å². The summed E-state index contributed by atoms with van der Waals surface area (Å²) in [4.78, 5) is 13.6. The average Bonchev–Trinajstić information content (AvgIpc) is 2.73. The number of amides is 1. The number of carbonyl (C=O) groups is 1. The van der Waals surface area contributed by atoms with Crippen molar-refractivity contribution in [3.8, 4) is 0 Å². The molecule has 22 heavy (non-hydrogen) atoms. The normalized spacial score (nSPS) is 18.8. The van der Waals surface area contributed by atoms with Crippen LogP contribution in [0.3, 0.4) is 0 Å².